The van der Waals surface area contributed by atoms with E-state index in [0.717, 1.165) is 5.56 Å². The van der Waals surface area contributed by atoms with Crippen LogP contribution < -0.4 is 19.6 Å². The Labute approximate surface area is 144 Å². The molecule has 0 unspecified atom stereocenters. The van der Waals surface area contributed by atoms with Crippen molar-refractivity contribution in [3.63, 3.8) is 0 Å². The van der Waals surface area contributed by atoms with E-state index < -0.39 is 0 Å². The number of nitrogens with zero attached hydrogens (tertiary/aromatic N) is 1. The third-order valence-electron chi connectivity index (χ3n) is 3.28. The highest BCUT2D eigenvalue weighted by Crippen LogP contribution is 2.36. The van der Waals surface area contributed by atoms with Crippen LogP contribution in [0.5, 0.6) is 17.2 Å². The molecule has 1 amide bonds. The summed E-state index contributed by atoms with van der Waals surface area (Å²) in [5.41, 5.74) is 4.12. The van der Waals surface area contributed by atoms with Crippen LogP contribution in [-0.4, -0.2) is 25.5 Å². The number of hydrogen-bond acceptors (Lipinski definition) is 5. The van der Waals surface area contributed by atoms with E-state index in [9.17, 15) is 4.79 Å². The summed E-state index contributed by atoms with van der Waals surface area (Å²) < 4.78 is 15.8. The van der Waals surface area contributed by atoms with Gasteiger partial charge in [-0.25, -0.2) is 5.43 Å². The summed E-state index contributed by atoms with van der Waals surface area (Å²) in [6.45, 7) is 2.01. The fraction of sp³-hybridized carbons (Fsp3) is 0.176. The monoisotopic (exact) mass is 346 g/mol. The average Bonchev–Trinajstić information content (AvgIpc) is 3.01. The van der Waals surface area contributed by atoms with E-state index in [1.807, 2.05) is 19.1 Å². The molecule has 0 aromatic heterocycles. The molecule has 6 nitrogen and oxygen atoms in total. The number of amides is 1. The molecule has 7 heteroatoms. The van der Waals surface area contributed by atoms with E-state index in [0.29, 0.717) is 27.8 Å². The molecular formula is C17H15ClN2O4. The molecule has 1 aliphatic rings. The Morgan fingerprint density at radius 1 is 1.29 bits per heavy atom. The minimum atomic E-state index is -0.372. The van der Waals surface area contributed by atoms with Gasteiger partial charge in [0.25, 0.3) is 5.91 Å². The molecule has 2 aromatic rings. The van der Waals surface area contributed by atoms with Crippen molar-refractivity contribution >= 4 is 23.7 Å². The van der Waals surface area contributed by atoms with Gasteiger partial charge in [-0.3, -0.25) is 4.79 Å². The predicted octanol–water partition coefficient (Wildman–Crippen LogP) is 2.91. The number of ether oxygens (including phenoxy) is 3. The quantitative estimate of drug-likeness (QED) is 0.667. The van der Waals surface area contributed by atoms with Crippen molar-refractivity contribution in [3.8, 4) is 17.2 Å². The lowest BCUT2D eigenvalue weighted by molar-refractivity contribution is -0.123. The first-order valence-electron chi connectivity index (χ1n) is 7.22. The molecule has 0 saturated heterocycles. The van der Waals surface area contributed by atoms with E-state index in [1.165, 1.54) is 6.21 Å². The van der Waals surface area contributed by atoms with Crippen LogP contribution >= 0.6 is 11.6 Å². The number of fused-ring (bicyclic) bond motifs is 1. The van der Waals surface area contributed by atoms with Gasteiger partial charge >= 0.3 is 0 Å². The van der Waals surface area contributed by atoms with Crippen molar-refractivity contribution in [2.24, 2.45) is 5.10 Å². The highest BCUT2D eigenvalue weighted by atomic mass is 35.5. The van der Waals surface area contributed by atoms with E-state index in [2.05, 4.69) is 10.5 Å². The molecule has 1 N–H and O–H groups in total. The van der Waals surface area contributed by atoms with Gasteiger partial charge in [0, 0.05) is 11.6 Å². The van der Waals surface area contributed by atoms with Gasteiger partial charge in [-0.05, 0) is 25.1 Å². The van der Waals surface area contributed by atoms with E-state index in [-0.39, 0.29) is 19.3 Å². The van der Waals surface area contributed by atoms with Crippen LogP contribution in [0, 0.1) is 6.92 Å². The zero-order chi connectivity index (χ0) is 16.9. The second-order valence-corrected chi connectivity index (χ2v) is 5.53. The summed E-state index contributed by atoms with van der Waals surface area (Å²) in [5.74, 6) is 1.44. The van der Waals surface area contributed by atoms with Crippen LogP contribution in [0.25, 0.3) is 0 Å². The van der Waals surface area contributed by atoms with Crippen molar-refractivity contribution in [2.75, 3.05) is 13.4 Å². The Morgan fingerprint density at radius 3 is 2.75 bits per heavy atom. The largest absolute Gasteiger partial charge is 0.484 e. The number of nitrogens with one attached hydrogen (secondary N) is 1. The van der Waals surface area contributed by atoms with Crippen LogP contribution in [0.1, 0.15) is 11.1 Å². The lowest BCUT2D eigenvalue weighted by Crippen LogP contribution is -2.24. The molecule has 24 heavy (non-hydrogen) atoms. The van der Waals surface area contributed by atoms with Crippen LogP contribution in [0.4, 0.5) is 0 Å². The summed E-state index contributed by atoms with van der Waals surface area (Å²) in [5, 5.41) is 4.32. The van der Waals surface area contributed by atoms with Crippen molar-refractivity contribution in [2.45, 2.75) is 6.92 Å². The number of benzene rings is 2. The number of rotatable bonds is 5. The van der Waals surface area contributed by atoms with E-state index in [1.54, 1.807) is 24.3 Å². The SMILES string of the molecule is Cc1ccc(OCC(=O)N/N=C\c2cc3c(cc2Cl)OCO3)cc1. The van der Waals surface area contributed by atoms with E-state index in [4.69, 9.17) is 25.8 Å². The molecule has 0 atom stereocenters. The van der Waals surface area contributed by atoms with Gasteiger partial charge in [0.15, 0.2) is 18.1 Å². The zero-order valence-corrected chi connectivity index (χ0v) is 13.7. The summed E-state index contributed by atoms with van der Waals surface area (Å²) in [4.78, 5) is 11.7. The molecule has 2 aromatic carbocycles. The van der Waals surface area contributed by atoms with Crippen LogP contribution in [-0.2, 0) is 4.79 Å². The Kier molecular flexibility index (Phi) is 4.86. The Morgan fingerprint density at radius 2 is 2.00 bits per heavy atom. The normalized spacial score (nSPS) is 12.4. The number of hydrogen-bond donors (Lipinski definition) is 1. The van der Waals surface area contributed by atoms with Gasteiger partial charge in [0.05, 0.1) is 11.2 Å². The number of carbonyl (C=O) groups excluding carboxylic acids is 1. The Hall–Kier alpha value is -2.73. The fourth-order valence-electron chi connectivity index (χ4n) is 2.02. The first-order valence-corrected chi connectivity index (χ1v) is 7.60. The number of halogens is 1. The highest BCUT2D eigenvalue weighted by Gasteiger charge is 2.15. The second kappa shape index (κ2) is 7.23. The topological polar surface area (TPSA) is 69.2 Å². The Balaban J connectivity index is 1.52. The van der Waals surface area contributed by atoms with Gasteiger partial charge in [0.2, 0.25) is 6.79 Å². The fourth-order valence-corrected chi connectivity index (χ4v) is 2.22. The van der Waals surface area contributed by atoms with Crippen LogP contribution in [0.15, 0.2) is 41.5 Å². The van der Waals surface area contributed by atoms with Gasteiger partial charge in [-0.15, -0.1) is 0 Å². The molecule has 1 heterocycles. The molecular weight excluding hydrogens is 332 g/mol. The number of aryl methyl sites for hydroxylation is 1. The molecule has 0 aliphatic carbocycles. The molecule has 0 fully saturated rings. The standard InChI is InChI=1S/C17H15ClN2O4/c1-11-2-4-13(5-3-11)22-9-17(21)20-19-8-12-6-15-16(7-14(12)18)24-10-23-15/h2-8H,9-10H2,1H3,(H,20,21)/b19-8-. The van der Waals surface area contributed by atoms with Gasteiger partial charge in [-0.2, -0.15) is 5.10 Å². The Bertz CT molecular complexity index is 775. The molecule has 0 spiro atoms. The molecule has 0 bridgehead atoms. The summed E-state index contributed by atoms with van der Waals surface area (Å²) in [6, 6.07) is 10.8. The maximum Gasteiger partial charge on any atom is 0.277 e. The maximum absolute atomic E-state index is 11.7. The minimum absolute atomic E-state index is 0.130. The second-order valence-electron chi connectivity index (χ2n) is 5.12. The summed E-state index contributed by atoms with van der Waals surface area (Å²) in [6.07, 6.45) is 1.44. The van der Waals surface area contributed by atoms with Crippen molar-refractivity contribution in [1.82, 2.24) is 5.43 Å². The first-order chi connectivity index (χ1) is 11.6. The van der Waals surface area contributed by atoms with Gasteiger partial charge in [0.1, 0.15) is 5.75 Å². The lowest BCUT2D eigenvalue weighted by atomic mass is 10.2. The third kappa shape index (κ3) is 3.97. The molecule has 1 aliphatic heterocycles. The lowest BCUT2D eigenvalue weighted by Gasteiger charge is -2.05. The number of carbonyl (C=O) groups is 1. The first kappa shape index (κ1) is 16.1. The van der Waals surface area contributed by atoms with Gasteiger partial charge < -0.3 is 14.2 Å². The van der Waals surface area contributed by atoms with Crippen LogP contribution in [0.2, 0.25) is 5.02 Å². The molecule has 124 valence electrons. The van der Waals surface area contributed by atoms with Crippen LogP contribution in [0.3, 0.4) is 0 Å². The third-order valence-corrected chi connectivity index (χ3v) is 3.60. The minimum Gasteiger partial charge on any atom is -0.484 e. The molecule has 0 saturated carbocycles. The average molecular weight is 347 g/mol. The van der Waals surface area contributed by atoms with Crippen molar-refractivity contribution in [1.29, 1.82) is 0 Å². The zero-order valence-electron chi connectivity index (χ0n) is 12.9. The highest BCUT2D eigenvalue weighted by molar-refractivity contribution is 6.33. The summed E-state index contributed by atoms with van der Waals surface area (Å²) >= 11 is 6.11. The van der Waals surface area contributed by atoms with Crippen molar-refractivity contribution in [3.05, 3.63) is 52.5 Å². The molecule has 3 rings (SSSR count). The smallest absolute Gasteiger partial charge is 0.277 e. The summed E-state index contributed by atoms with van der Waals surface area (Å²) in [7, 11) is 0. The number of hydrazone groups is 1. The van der Waals surface area contributed by atoms with E-state index >= 15 is 0 Å². The van der Waals surface area contributed by atoms with Crippen molar-refractivity contribution < 1.29 is 19.0 Å². The maximum atomic E-state index is 11.7. The predicted molar refractivity (Wildman–Crippen MR) is 90.0 cm³/mol. The molecule has 0 radical (unpaired) electrons. The van der Waals surface area contributed by atoms with Gasteiger partial charge in [-0.1, -0.05) is 29.3 Å².